The van der Waals surface area contributed by atoms with Crippen LogP contribution in [0.5, 0.6) is 0 Å². The van der Waals surface area contributed by atoms with Crippen LogP contribution in [0.25, 0.3) is 0 Å². The molecule has 18 heavy (non-hydrogen) atoms. The topological polar surface area (TPSA) is 35.5 Å². The van der Waals surface area contributed by atoms with Crippen molar-refractivity contribution in [1.29, 1.82) is 0 Å². The van der Waals surface area contributed by atoms with Crippen LogP contribution in [-0.4, -0.2) is 42.4 Å². The summed E-state index contributed by atoms with van der Waals surface area (Å²) in [6.07, 6.45) is 4.63. The van der Waals surface area contributed by atoms with Gasteiger partial charge in [0.1, 0.15) is 0 Å². The SMILES string of the molecule is CNC(CO)(Cc1ccccc1)N1CCCCC1. The smallest absolute Gasteiger partial charge is 0.0988 e. The number of nitrogens with zero attached hydrogens (tertiary/aromatic N) is 1. The van der Waals surface area contributed by atoms with Gasteiger partial charge in [-0.15, -0.1) is 0 Å². The molecule has 1 aliphatic rings. The summed E-state index contributed by atoms with van der Waals surface area (Å²) in [5, 5.41) is 13.2. The van der Waals surface area contributed by atoms with E-state index < -0.39 is 0 Å². The lowest BCUT2D eigenvalue weighted by Gasteiger charge is -2.44. The molecule has 3 nitrogen and oxygen atoms in total. The molecular formula is C15H24N2O. The largest absolute Gasteiger partial charge is 0.393 e. The Labute approximate surface area is 110 Å². The normalized spacial score (nSPS) is 20.6. The van der Waals surface area contributed by atoms with E-state index in [2.05, 4.69) is 34.5 Å². The van der Waals surface area contributed by atoms with Crippen molar-refractivity contribution >= 4 is 0 Å². The van der Waals surface area contributed by atoms with Gasteiger partial charge in [-0.25, -0.2) is 0 Å². The van der Waals surface area contributed by atoms with Crippen LogP contribution < -0.4 is 5.32 Å². The first-order chi connectivity index (χ1) is 8.80. The van der Waals surface area contributed by atoms with Gasteiger partial charge in [0.15, 0.2) is 0 Å². The van der Waals surface area contributed by atoms with Gasteiger partial charge in [-0.2, -0.15) is 0 Å². The van der Waals surface area contributed by atoms with Crippen LogP contribution in [0.3, 0.4) is 0 Å². The summed E-state index contributed by atoms with van der Waals surface area (Å²) in [5.74, 6) is 0. The van der Waals surface area contributed by atoms with E-state index in [0.29, 0.717) is 0 Å². The van der Waals surface area contributed by atoms with Gasteiger partial charge in [-0.05, 0) is 38.5 Å². The van der Waals surface area contributed by atoms with Crippen LogP contribution in [0, 0.1) is 0 Å². The molecule has 1 unspecified atom stereocenters. The number of aliphatic hydroxyl groups excluding tert-OH is 1. The molecule has 3 heteroatoms. The highest BCUT2D eigenvalue weighted by atomic mass is 16.3. The molecule has 0 aliphatic carbocycles. The van der Waals surface area contributed by atoms with E-state index in [1.165, 1.54) is 24.8 Å². The Morgan fingerprint density at radius 3 is 2.39 bits per heavy atom. The Balaban J connectivity index is 2.14. The third kappa shape index (κ3) is 2.91. The summed E-state index contributed by atoms with van der Waals surface area (Å²) in [7, 11) is 1.95. The number of benzene rings is 1. The minimum atomic E-state index is -0.304. The monoisotopic (exact) mass is 248 g/mol. The molecule has 1 aromatic rings. The fourth-order valence-corrected chi connectivity index (χ4v) is 2.85. The number of rotatable bonds is 5. The van der Waals surface area contributed by atoms with Crippen molar-refractivity contribution in [2.75, 3.05) is 26.7 Å². The first kappa shape index (κ1) is 13.5. The zero-order valence-electron chi connectivity index (χ0n) is 11.2. The van der Waals surface area contributed by atoms with E-state index in [0.717, 1.165) is 19.5 Å². The van der Waals surface area contributed by atoms with Gasteiger partial charge < -0.3 is 10.4 Å². The predicted octanol–water partition coefficient (Wildman–Crippen LogP) is 1.62. The molecule has 1 aliphatic heterocycles. The van der Waals surface area contributed by atoms with Gasteiger partial charge in [-0.3, -0.25) is 4.90 Å². The molecule has 0 aromatic heterocycles. The van der Waals surface area contributed by atoms with Gasteiger partial charge in [-0.1, -0.05) is 36.8 Å². The first-order valence-corrected chi connectivity index (χ1v) is 6.89. The number of aliphatic hydroxyl groups is 1. The second kappa shape index (κ2) is 6.32. The molecule has 0 saturated carbocycles. The molecule has 2 N–H and O–H groups in total. The molecule has 1 heterocycles. The average Bonchev–Trinajstić information content (AvgIpc) is 2.47. The van der Waals surface area contributed by atoms with Crippen molar-refractivity contribution in [1.82, 2.24) is 10.2 Å². The molecule has 2 rings (SSSR count). The van der Waals surface area contributed by atoms with Gasteiger partial charge in [0.25, 0.3) is 0 Å². The predicted molar refractivity (Wildman–Crippen MR) is 74.4 cm³/mol. The summed E-state index contributed by atoms with van der Waals surface area (Å²) in [4.78, 5) is 2.41. The van der Waals surface area contributed by atoms with Gasteiger partial charge in [0, 0.05) is 6.42 Å². The van der Waals surface area contributed by atoms with Crippen molar-refractivity contribution in [3.05, 3.63) is 35.9 Å². The number of hydrogen-bond acceptors (Lipinski definition) is 3. The molecule has 100 valence electrons. The van der Waals surface area contributed by atoms with Gasteiger partial charge in [0.05, 0.1) is 12.3 Å². The Morgan fingerprint density at radius 2 is 1.83 bits per heavy atom. The first-order valence-electron chi connectivity index (χ1n) is 6.89. The Hall–Kier alpha value is -0.900. The van der Waals surface area contributed by atoms with E-state index >= 15 is 0 Å². The molecular weight excluding hydrogens is 224 g/mol. The number of nitrogens with one attached hydrogen (secondary N) is 1. The highest BCUT2D eigenvalue weighted by molar-refractivity contribution is 5.18. The second-order valence-electron chi connectivity index (χ2n) is 5.15. The molecule has 1 aromatic carbocycles. The maximum absolute atomic E-state index is 9.89. The third-order valence-corrected chi connectivity index (χ3v) is 4.03. The second-order valence-corrected chi connectivity index (χ2v) is 5.15. The highest BCUT2D eigenvalue weighted by Gasteiger charge is 2.35. The van der Waals surface area contributed by atoms with E-state index in [1.54, 1.807) is 0 Å². The quantitative estimate of drug-likeness (QED) is 0.831. The molecule has 0 bridgehead atoms. The van der Waals surface area contributed by atoms with Crippen molar-refractivity contribution in [2.45, 2.75) is 31.3 Å². The zero-order chi connectivity index (χ0) is 12.8. The standard InChI is InChI=1S/C15H24N2O/c1-16-15(13-18,17-10-6-3-7-11-17)12-14-8-4-2-5-9-14/h2,4-5,8-9,16,18H,3,6-7,10-13H2,1H3. The van der Waals surface area contributed by atoms with Gasteiger partial charge in [0.2, 0.25) is 0 Å². The van der Waals surface area contributed by atoms with Crippen LogP contribution in [0.1, 0.15) is 24.8 Å². The van der Waals surface area contributed by atoms with Gasteiger partial charge >= 0.3 is 0 Å². The minimum absolute atomic E-state index is 0.151. The van der Waals surface area contributed by atoms with E-state index in [1.807, 2.05) is 13.1 Å². The molecule has 1 atom stereocenters. The molecule has 1 fully saturated rings. The molecule has 0 radical (unpaired) electrons. The summed E-state index contributed by atoms with van der Waals surface area (Å²) < 4.78 is 0. The molecule has 0 amide bonds. The number of piperidine rings is 1. The van der Waals surface area contributed by atoms with Crippen molar-refractivity contribution in [3.63, 3.8) is 0 Å². The fraction of sp³-hybridized carbons (Fsp3) is 0.600. The van der Waals surface area contributed by atoms with E-state index in [9.17, 15) is 5.11 Å². The van der Waals surface area contributed by atoms with E-state index in [-0.39, 0.29) is 12.3 Å². The maximum Gasteiger partial charge on any atom is 0.0988 e. The summed E-state index contributed by atoms with van der Waals surface area (Å²) >= 11 is 0. The van der Waals surface area contributed by atoms with Crippen LogP contribution in [0.2, 0.25) is 0 Å². The van der Waals surface area contributed by atoms with Crippen molar-refractivity contribution in [3.8, 4) is 0 Å². The minimum Gasteiger partial charge on any atom is -0.393 e. The van der Waals surface area contributed by atoms with Crippen molar-refractivity contribution < 1.29 is 5.11 Å². The lowest BCUT2D eigenvalue weighted by atomic mass is 9.96. The number of likely N-dealkylation sites (tertiary alicyclic amines) is 1. The Morgan fingerprint density at radius 1 is 1.17 bits per heavy atom. The summed E-state index contributed by atoms with van der Waals surface area (Å²) in [6, 6.07) is 10.4. The number of hydrogen-bond donors (Lipinski definition) is 2. The average molecular weight is 248 g/mol. The third-order valence-electron chi connectivity index (χ3n) is 4.03. The van der Waals surface area contributed by atoms with Crippen LogP contribution in [0.15, 0.2) is 30.3 Å². The Bertz CT molecular complexity index is 343. The Kier molecular flexibility index (Phi) is 4.75. The fourth-order valence-electron chi connectivity index (χ4n) is 2.85. The van der Waals surface area contributed by atoms with Crippen molar-refractivity contribution in [2.24, 2.45) is 0 Å². The van der Waals surface area contributed by atoms with Crippen LogP contribution >= 0.6 is 0 Å². The zero-order valence-corrected chi connectivity index (χ0v) is 11.2. The lowest BCUT2D eigenvalue weighted by Crippen LogP contribution is -2.63. The number of likely N-dealkylation sites (N-methyl/N-ethyl adjacent to an activating group) is 1. The highest BCUT2D eigenvalue weighted by Crippen LogP contribution is 2.22. The lowest BCUT2D eigenvalue weighted by molar-refractivity contribution is -0.00445. The van der Waals surface area contributed by atoms with Crippen LogP contribution in [-0.2, 0) is 6.42 Å². The summed E-state index contributed by atoms with van der Waals surface area (Å²) in [6.45, 7) is 2.31. The molecule has 1 saturated heterocycles. The summed E-state index contributed by atoms with van der Waals surface area (Å²) in [5.41, 5.74) is 0.966. The van der Waals surface area contributed by atoms with Crippen LogP contribution in [0.4, 0.5) is 0 Å². The maximum atomic E-state index is 9.89. The van der Waals surface area contributed by atoms with E-state index in [4.69, 9.17) is 0 Å². The molecule has 0 spiro atoms.